The van der Waals surface area contributed by atoms with E-state index in [0.29, 0.717) is 31.8 Å². The molecule has 3 rings (SSSR count). The molecule has 0 aliphatic carbocycles. The molecule has 0 unspecified atom stereocenters. The highest BCUT2D eigenvalue weighted by molar-refractivity contribution is 6.17. The van der Waals surface area contributed by atoms with Crippen LogP contribution in [0.3, 0.4) is 0 Å². The van der Waals surface area contributed by atoms with Gasteiger partial charge in [0.05, 0.1) is 18.1 Å². The van der Waals surface area contributed by atoms with Crippen molar-refractivity contribution >= 4 is 34.4 Å². The first-order chi connectivity index (χ1) is 13.3. The van der Waals surface area contributed by atoms with Crippen LogP contribution in [0.1, 0.15) is 18.4 Å². The number of halogens is 1. The van der Waals surface area contributed by atoms with E-state index in [4.69, 9.17) is 11.6 Å². The third-order valence-corrected chi connectivity index (χ3v) is 4.43. The van der Waals surface area contributed by atoms with Crippen molar-refractivity contribution < 1.29 is 4.79 Å². The van der Waals surface area contributed by atoms with Crippen molar-refractivity contribution in [3.63, 3.8) is 0 Å². The van der Waals surface area contributed by atoms with Crippen LogP contribution in [0.2, 0.25) is 0 Å². The van der Waals surface area contributed by atoms with Crippen LogP contribution in [0.4, 0.5) is 5.82 Å². The van der Waals surface area contributed by atoms with Crippen LogP contribution in [0.25, 0.3) is 11.0 Å². The third kappa shape index (κ3) is 5.40. The van der Waals surface area contributed by atoms with Gasteiger partial charge in [0.15, 0.2) is 5.65 Å². The van der Waals surface area contributed by atoms with Gasteiger partial charge in [-0.3, -0.25) is 4.79 Å². The summed E-state index contributed by atoms with van der Waals surface area (Å²) in [7, 11) is 0. The van der Waals surface area contributed by atoms with Crippen LogP contribution in [0, 0.1) is 0 Å². The van der Waals surface area contributed by atoms with E-state index in [1.165, 1.54) is 11.9 Å². The van der Waals surface area contributed by atoms with Crippen molar-refractivity contribution in [2.24, 2.45) is 0 Å². The van der Waals surface area contributed by atoms with Gasteiger partial charge in [0.25, 0.3) is 0 Å². The van der Waals surface area contributed by atoms with Crippen molar-refractivity contribution in [3.05, 3.63) is 48.4 Å². The molecule has 0 saturated heterocycles. The van der Waals surface area contributed by atoms with Crippen molar-refractivity contribution in [3.8, 4) is 0 Å². The van der Waals surface area contributed by atoms with Crippen LogP contribution in [-0.2, 0) is 17.8 Å². The smallest absolute Gasteiger partial charge is 0.220 e. The lowest BCUT2D eigenvalue weighted by Crippen LogP contribution is -2.27. The minimum atomic E-state index is 0.00463. The number of aromatic nitrogens is 4. The molecule has 8 heteroatoms. The number of carbonyl (C=O) groups excluding carboxylic acids is 1. The van der Waals surface area contributed by atoms with Gasteiger partial charge in [0, 0.05) is 25.4 Å². The first-order valence-electron chi connectivity index (χ1n) is 9.05. The first kappa shape index (κ1) is 19.1. The van der Waals surface area contributed by atoms with E-state index in [1.54, 1.807) is 10.9 Å². The zero-order chi connectivity index (χ0) is 18.9. The summed E-state index contributed by atoms with van der Waals surface area (Å²) in [6, 6.07) is 10.3. The Kier molecular flexibility index (Phi) is 6.98. The zero-order valence-corrected chi connectivity index (χ0v) is 15.8. The van der Waals surface area contributed by atoms with Gasteiger partial charge in [0.2, 0.25) is 5.91 Å². The summed E-state index contributed by atoms with van der Waals surface area (Å²) in [4.78, 5) is 20.3. The topological polar surface area (TPSA) is 84.7 Å². The number of anilines is 1. The van der Waals surface area contributed by atoms with Gasteiger partial charge in [-0.05, 0) is 18.4 Å². The number of nitrogens with one attached hydrogen (secondary N) is 2. The predicted molar refractivity (Wildman–Crippen MR) is 107 cm³/mol. The molecule has 0 aliphatic rings. The molecule has 3 aromatic rings. The quantitative estimate of drug-likeness (QED) is 0.523. The number of amides is 1. The Morgan fingerprint density at radius 2 is 2.00 bits per heavy atom. The fourth-order valence-corrected chi connectivity index (χ4v) is 2.92. The molecule has 2 aromatic heterocycles. The van der Waals surface area contributed by atoms with Gasteiger partial charge in [-0.1, -0.05) is 30.3 Å². The van der Waals surface area contributed by atoms with E-state index in [1.807, 2.05) is 18.2 Å². The summed E-state index contributed by atoms with van der Waals surface area (Å²) >= 11 is 5.60. The molecule has 0 saturated carbocycles. The summed E-state index contributed by atoms with van der Waals surface area (Å²) in [5, 5.41) is 11.5. The summed E-state index contributed by atoms with van der Waals surface area (Å²) in [6.07, 6.45) is 5.33. The Morgan fingerprint density at radius 3 is 2.81 bits per heavy atom. The number of hydrogen-bond donors (Lipinski definition) is 2. The van der Waals surface area contributed by atoms with Gasteiger partial charge in [-0.25, -0.2) is 14.6 Å². The summed E-state index contributed by atoms with van der Waals surface area (Å²) in [6.45, 7) is 1.83. The number of hydrogen-bond acceptors (Lipinski definition) is 5. The Hall–Kier alpha value is -2.67. The van der Waals surface area contributed by atoms with E-state index in [0.717, 1.165) is 29.8 Å². The Balaban J connectivity index is 1.56. The molecule has 0 bridgehead atoms. The lowest BCUT2D eigenvalue weighted by atomic mass is 10.1. The molecule has 142 valence electrons. The number of carbonyl (C=O) groups is 1. The second-order valence-corrected chi connectivity index (χ2v) is 6.51. The van der Waals surface area contributed by atoms with Crippen molar-refractivity contribution in [1.29, 1.82) is 0 Å². The summed E-state index contributed by atoms with van der Waals surface area (Å²) in [5.74, 6) is 1.27. The van der Waals surface area contributed by atoms with E-state index in [2.05, 4.69) is 37.8 Å². The van der Waals surface area contributed by atoms with Crippen LogP contribution in [0.15, 0.2) is 42.9 Å². The molecule has 0 aliphatic heterocycles. The maximum absolute atomic E-state index is 11.6. The van der Waals surface area contributed by atoms with Crippen molar-refractivity contribution in [2.45, 2.75) is 25.8 Å². The highest BCUT2D eigenvalue weighted by Crippen LogP contribution is 2.18. The Bertz CT molecular complexity index is 867. The maximum Gasteiger partial charge on any atom is 0.220 e. The number of alkyl halides is 1. The zero-order valence-electron chi connectivity index (χ0n) is 15.1. The van der Waals surface area contributed by atoms with Gasteiger partial charge in [0.1, 0.15) is 12.1 Å². The average Bonchev–Trinajstić information content (AvgIpc) is 3.11. The highest BCUT2D eigenvalue weighted by atomic mass is 35.5. The number of nitrogens with zero attached hydrogens (tertiary/aromatic N) is 4. The number of rotatable bonds is 10. The molecule has 1 amide bonds. The van der Waals surface area contributed by atoms with Crippen LogP contribution < -0.4 is 10.6 Å². The number of fused-ring (bicyclic) bond motifs is 1. The van der Waals surface area contributed by atoms with E-state index in [9.17, 15) is 4.79 Å². The molecule has 0 radical (unpaired) electrons. The molecular weight excluding hydrogens is 364 g/mol. The number of benzene rings is 1. The molecule has 0 atom stereocenters. The SMILES string of the molecule is O=C(CCCCl)NCCn1ncc2c(NCCc3ccccc3)ncnc21. The standard InChI is InChI=1S/C19H23ClN6O/c20-9-4-7-17(27)21-11-12-26-19-16(13-25-26)18(23-14-24-19)22-10-8-15-5-2-1-3-6-15/h1-3,5-6,13-14H,4,7-12H2,(H,21,27)(H,22,23,24). The molecular formula is C19H23ClN6O. The van der Waals surface area contributed by atoms with E-state index in [-0.39, 0.29) is 5.91 Å². The second kappa shape index (κ2) is 9.87. The fourth-order valence-electron chi connectivity index (χ4n) is 2.78. The van der Waals surface area contributed by atoms with Crippen molar-refractivity contribution in [1.82, 2.24) is 25.1 Å². The maximum atomic E-state index is 11.6. The minimum absolute atomic E-state index is 0.00463. The summed E-state index contributed by atoms with van der Waals surface area (Å²) in [5.41, 5.74) is 2.03. The summed E-state index contributed by atoms with van der Waals surface area (Å²) < 4.78 is 1.78. The average molecular weight is 387 g/mol. The first-order valence-corrected chi connectivity index (χ1v) is 9.58. The van der Waals surface area contributed by atoms with Crippen LogP contribution in [-0.4, -0.2) is 44.6 Å². The lowest BCUT2D eigenvalue weighted by Gasteiger charge is -2.08. The largest absolute Gasteiger partial charge is 0.369 e. The van der Waals surface area contributed by atoms with Gasteiger partial charge < -0.3 is 10.6 Å². The predicted octanol–water partition coefficient (Wildman–Crippen LogP) is 2.62. The normalized spacial score (nSPS) is 10.9. The lowest BCUT2D eigenvalue weighted by molar-refractivity contribution is -0.121. The van der Waals surface area contributed by atoms with E-state index < -0.39 is 0 Å². The molecule has 2 heterocycles. The highest BCUT2D eigenvalue weighted by Gasteiger charge is 2.10. The Labute approximate surface area is 163 Å². The second-order valence-electron chi connectivity index (χ2n) is 6.13. The van der Waals surface area contributed by atoms with Gasteiger partial charge >= 0.3 is 0 Å². The molecule has 27 heavy (non-hydrogen) atoms. The third-order valence-electron chi connectivity index (χ3n) is 4.17. The molecule has 2 N–H and O–H groups in total. The van der Waals surface area contributed by atoms with Gasteiger partial charge in [-0.2, -0.15) is 5.10 Å². The Morgan fingerprint density at radius 1 is 1.15 bits per heavy atom. The minimum Gasteiger partial charge on any atom is -0.369 e. The van der Waals surface area contributed by atoms with Crippen molar-refractivity contribution in [2.75, 3.05) is 24.3 Å². The fraction of sp³-hybridized carbons (Fsp3) is 0.368. The monoisotopic (exact) mass is 386 g/mol. The van der Waals surface area contributed by atoms with Crippen LogP contribution >= 0.6 is 11.6 Å². The van der Waals surface area contributed by atoms with E-state index >= 15 is 0 Å². The van der Waals surface area contributed by atoms with Gasteiger partial charge in [-0.15, -0.1) is 11.6 Å². The van der Waals surface area contributed by atoms with Crippen LogP contribution in [0.5, 0.6) is 0 Å². The molecule has 1 aromatic carbocycles. The molecule has 7 nitrogen and oxygen atoms in total. The molecule has 0 spiro atoms. The molecule has 0 fully saturated rings.